The number of nitrogens with zero attached hydrogens (tertiary/aromatic N) is 2. The zero-order chi connectivity index (χ0) is 21.0. The van der Waals surface area contributed by atoms with E-state index in [1.54, 1.807) is 44.5 Å². The molecule has 0 aliphatic carbocycles. The lowest BCUT2D eigenvalue weighted by molar-refractivity contribution is 0.100. The van der Waals surface area contributed by atoms with E-state index in [4.69, 9.17) is 21.1 Å². The van der Waals surface area contributed by atoms with Crippen LogP contribution in [0.15, 0.2) is 41.4 Å². The van der Waals surface area contributed by atoms with E-state index < -0.39 is 0 Å². The molecule has 2 aromatic carbocycles. The lowest BCUT2D eigenvalue weighted by Crippen LogP contribution is -2.03. The number of methoxy groups -OCH3 is 2. The maximum Gasteiger partial charge on any atom is 0.196 e. The Morgan fingerprint density at radius 1 is 1.21 bits per heavy atom. The third kappa shape index (κ3) is 4.75. The number of hydrogen-bond acceptors (Lipinski definition) is 7. The standard InChI is InChI=1S/C21H19ClN2O4S/c1-12-20(29-21(24-12)15-6-5-14(22)9-18(15)27-2)17(26)11-23-10-13-4-7-16(25)19(8-13)28-3/h4-10,25H,11H2,1-3H3. The summed E-state index contributed by atoms with van der Waals surface area (Å²) in [5.41, 5.74) is 2.15. The first-order valence-electron chi connectivity index (χ1n) is 8.64. The second kappa shape index (κ2) is 9.07. The molecular formula is C21H19ClN2O4S. The van der Waals surface area contributed by atoms with Crippen molar-refractivity contribution in [3.8, 4) is 27.8 Å². The van der Waals surface area contributed by atoms with E-state index in [2.05, 4.69) is 9.98 Å². The van der Waals surface area contributed by atoms with Crippen molar-refractivity contribution in [1.82, 2.24) is 4.98 Å². The topological polar surface area (TPSA) is 81.0 Å². The van der Waals surface area contributed by atoms with Crippen LogP contribution in [0.2, 0.25) is 5.02 Å². The SMILES string of the molecule is COc1cc(C=NCC(=O)c2sc(-c3ccc(Cl)cc3OC)nc2C)ccc1O. The molecule has 0 amide bonds. The largest absolute Gasteiger partial charge is 0.504 e. The molecular weight excluding hydrogens is 412 g/mol. The molecule has 0 fully saturated rings. The molecule has 29 heavy (non-hydrogen) atoms. The first-order chi connectivity index (χ1) is 13.9. The quantitative estimate of drug-likeness (QED) is 0.430. The van der Waals surface area contributed by atoms with Crippen molar-refractivity contribution in [3.63, 3.8) is 0 Å². The fourth-order valence-electron chi connectivity index (χ4n) is 2.69. The third-order valence-corrected chi connectivity index (χ3v) is 5.59. The molecule has 1 N–H and O–H groups in total. The van der Waals surface area contributed by atoms with Gasteiger partial charge in [-0.05, 0) is 48.9 Å². The number of phenolic OH excluding ortho intramolecular Hbond substituents is 1. The van der Waals surface area contributed by atoms with Gasteiger partial charge in [0.05, 0.1) is 30.4 Å². The average Bonchev–Trinajstić information content (AvgIpc) is 3.10. The molecule has 0 saturated heterocycles. The number of thiazole rings is 1. The average molecular weight is 431 g/mol. The Bertz CT molecular complexity index is 1080. The van der Waals surface area contributed by atoms with Crippen molar-refractivity contribution < 1.29 is 19.4 Å². The van der Waals surface area contributed by atoms with Gasteiger partial charge >= 0.3 is 0 Å². The van der Waals surface area contributed by atoms with Gasteiger partial charge in [-0.1, -0.05) is 11.6 Å². The Kier molecular flexibility index (Phi) is 6.51. The van der Waals surface area contributed by atoms with Crippen molar-refractivity contribution >= 4 is 34.9 Å². The third-order valence-electron chi connectivity index (χ3n) is 4.12. The summed E-state index contributed by atoms with van der Waals surface area (Å²) in [4.78, 5) is 21.9. The van der Waals surface area contributed by atoms with Gasteiger partial charge in [0.1, 0.15) is 17.3 Å². The predicted molar refractivity (Wildman–Crippen MR) is 115 cm³/mol. The van der Waals surface area contributed by atoms with Crippen LogP contribution in [-0.4, -0.2) is 42.9 Å². The molecule has 0 atom stereocenters. The fourth-order valence-corrected chi connectivity index (χ4v) is 3.88. The predicted octanol–water partition coefficient (Wildman–Crippen LogP) is 4.80. The van der Waals surface area contributed by atoms with Crippen LogP contribution >= 0.6 is 22.9 Å². The summed E-state index contributed by atoms with van der Waals surface area (Å²) in [7, 11) is 3.04. The van der Waals surface area contributed by atoms with E-state index in [1.165, 1.54) is 24.5 Å². The highest BCUT2D eigenvalue weighted by Gasteiger charge is 2.18. The molecule has 0 aliphatic rings. The van der Waals surface area contributed by atoms with Crippen molar-refractivity contribution in [3.05, 3.63) is 57.6 Å². The summed E-state index contributed by atoms with van der Waals surface area (Å²) in [6.45, 7) is 1.79. The maximum atomic E-state index is 12.6. The molecule has 0 radical (unpaired) electrons. The number of aromatic hydroxyl groups is 1. The van der Waals surface area contributed by atoms with Gasteiger partial charge in [-0.3, -0.25) is 9.79 Å². The Labute approximate surface area is 177 Å². The summed E-state index contributed by atoms with van der Waals surface area (Å²) in [6, 6.07) is 10.1. The van der Waals surface area contributed by atoms with Crippen LogP contribution < -0.4 is 9.47 Å². The molecule has 0 saturated carbocycles. The molecule has 6 nitrogen and oxygen atoms in total. The second-order valence-corrected chi connectivity index (χ2v) is 7.54. The van der Waals surface area contributed by atoms with Crippen LogP contribution in [0.1, 0.15) is 20.9 Å². The molecule has 8 heteroatoms. The number of ether oxygens (including phenoxy) is 2. The van der Waals surface area contributed by atoms with Gasteiger partial charge < -0.3 is 14.6 Å². The van der Waals surface area contributed by atoms with E-state index in [-0.39, 0.29) is 18.1 Å². The van der Waals surface area contributed by atoms with Crippen molar-refractivity contribution in [2.75, 3.05) is 20.8 Å². The normalized spacial score (nSPS) is 11.0. The van der Waals surface area contributed by atoms with Crippen LogP contribution in [0.4, 0.5) is 0 Å². The van der Waals surface area contributed by atoms with Gasteiger partial charge in [-0.25, -0.2) is 4.98 Å². The first kappa shape index (κ1) is 20.8. The van der Waals surface area contributed by atoms with E-state index in [0.29, 0.717) is 32.1 Å². The Hall–Kier alpha value is -2.90. The highest BCUT2D eigenvalue weighted by Crippen LogP contribution is 2.36. The molecule has 0 aliphatic heterocycles. The lowest BCUT2D eigenvalue weighted by atomic mass is 10.2. The van der Waals surface area contributed by atoms with Crippen LogP contribution in [0.25, 0.3) is 10.6 Å². The van der Waals surface area contributed by atoms with Crippen LogP contribution in [0.5, 0.6) is 17.2 Å². The van der Waals surface area contributed by atoms with Crippen LogP contribution in [0, 0.1) is 6.92 Å². The number of aliphatic imine (C=N–C) groups is 1. The minimum Gasteiger partial charge on any atom is -0.504 e. The van der Waals surface area contributed by atoms with Gasteiger partial charge in [0.25, 0.3) is 0 Å². The first-order valence-corrected chi connectivity index (χ1v) is 9.83. The molecule has 1 heterocycles. The Morgan fingerprint density at radius 3 is 2.69 bits per heavy atom. The van der Waals surface area contributed by atoms with Gasteiger partial charge in [0, 0.05) is 11.2 Å². The van der Waals surface area contributed by atoms with Crippen LogP contribution in [0.3, 0.4) is 0 Å². The van der Waals surface area contributed by atoms with Crippen molar-refractivity contribution in [1.29, 1.82) is 0 Å². The summed E-state index contributed by atoms with van der Waals surface area (Å²) < 4.78 is 10.4. The number of aromatic nitrogens is 1. The number of aryl methyl sites for hydroxylation is 1. The Balaban J connectivity index is 1.77. The molecule has 3 aromatic rings. The minimum absolute atomic E-state index is 0.0105. The van der Waals surface area contributed by atoms with E-state index in [1.807, 2.05) is 6.07 Å². The monoisotopic (exact) mass is 430 g/mol. The second-order valence-electron chi connectivity index (χ2n) is 6.10. The van der Waals surface area contributed by atoms with Crippen molar-refractivity contribution in [2.45, 2.75) is 6.92 Å². The number of benzene rings is 2. The molecule has 150 valence electrons. The maximum absolute atomic E-state index is 12.6. The number of carbonyl (C=O) groups is 1. The highest BCUT2D eigenvalue weighted by atomic mass is 35.5. The summed E-state index contributed by atoms with van der Waals surface area (Å²) >= 11 is 7.32. The molecule has 0 bridgehead atoms. The molecule has 3 rings (SSSR count). The van der Waals surface area contributed by atoms with Gasteiger partial charge in [-0.15, -0.1) is 11.3 Å². The van der Waals surface area contributed by atoms with Gasteiger partial charge in [-0.2, -0.15) is 0 Å². The van der Waals surface area contributed by atoms with E-state index in [9.17, 15) is 9.90 Å². The van der Waals surface area contributed by atoms with E-state index >= 15 is 0 Å². The molecule has 1 aromatic heterocycles. The van der Waals surface area contributed by atoms with Gasteiger partial charge in [0.15, 0.2) is 17.3 Å². The fraction of sp³-hybridized carbons (Fsp3) is 0.190. The highest BCUT2D eigenvalue weighted by molar-refractivity contribution is 7.17. The van der Waals surface area contributed by atoms with Crippen LogP contribution in [-0.2, 0) is 0 Å². The smallest absolute Gasteiger partial charge is 0.196 e. The van der Waals surface area contributed by atoms with Crippen molar-refractivity contribution in [2.24, 2.45) is 4.99 Å². The number of Topliss-reactive ketones (excluding diaryl/α,β-unsaturated/α-hetero) is 1. The van der Waals surface area contributed by atoms with E-state index in [0.717, 1.165) is 11.1 Å². The number of halogens is 1. The zero-order valence-corrected chi connectivity index (χ0v) is 17.7. The summed E-state index contributed by atoms with van der Waals surface area (Å²) in [5, 5.41) is 10.9. The summed E-state index contributed by atoms with van der Waals surface area (Å²) in [5.74, 6) is 0.872. The number of carbonyl (C=O) groups excluding carboxylic acids is 1. The number of hydrogen-bond donors (Lipinski definition) is 1. The zero-order valence-electron chi connectivity index (χ0n) is 16.1. The Morgan fingerprint density at radius 2 is 1.97 bits per heavy atom. The molecule has 0 unspecified atom stereocenters. The lowest BCUT2D eigenvalue weighted by Gasteiger charge is -2.05. The molecule has 0 spiro atoms. The summed E-state index contributed by atoms with van der Waals surface area (Å²) in [6.07, 6.45) is 1.57. The number of phenols is 1. The number of rotatable bonds is 7. The number of ketones is 1. The minimum atomic E-state index is -0.124. The van der Waals surface area contributed by atoms with Gasteiger partial charge in [0.2, 0.25) is 0 Å².